The highest BCUT2D eigenvalue weighted by atomic mass is 16.5. The molecule has 0 spiro atoms. The van der Waals surface area contributed by atoms with E-state index >= 15 is 0 Å². The highest BCUT2D eigenvalue weighted by Crippen LogP contribution is 2.38. The van der Waals surface area contributed by atoms with Crippen LogP contribution in [0.15, 0.2) is 0 Å². The molecule has 0 aromatic carbocycles. The van der Waals surface area contributed by atoms with Crippen LogP contribution in [0.4, 0.5) is 0 Å². The van der Waals surface area contributed by atoms with Crippen LogP contribution in [0.25, 0.3) is 0 Å². The largest absolute Gasteiger partial charge is 0.385 e. The number of methoxy groups -OCH3 is 2. The van der Waals surface area contributed by atoms with Crippen LogP contribution < -0.4 is 5.73 Å². The lowest BCUT2D eigenvalue weighted by atomic mass is 9.93. The predicted molar refractivity (Wildman–Crippen MR) is 74.7 cm³/mol. The summed E-state index contributed by atoms with van der Waals surface area (Å²) < 4.78 is 10.5. The van der Waals surface area contributed by atoms with E-state index in [1.165, 1.54) is 12.8 Å². The molecule has 1 fully saturated rings. The zero-order valence-corrected chi connectivity index (χ0v) is 12.4. The van der Waals surface area contributed by atoms with Crippen LogP contribution in [-0.4, -0.2) is 57.0 Å². The topological polar surface area (TPSA) is 47.7 Å². The molecule has 0 radical (unpaired) electrons. The Morgan fingerprint density at radius 1 is 1.28 bits per heavy atom. The molecule has 0 heterocycles. The summed E-state index contributed by atoms with van der Waals surface area (Å²) in [5.74, 6) is 0.843. The molecule has 0 bridgehead atoms. The van der Waals surface area contributed by atoms with Crippen molar-refractivity contribution in [1.29, 1.82) is 0 Å². The summed E-state index contributed by atoms with van der Waals surface area (Å²) in [6, 6.07) is 0.588. The number of ether oxygens (including phenoxy) is 2. The van der Waals surface area contributed by atoms with Gasteiger partial charge in [0.05, 0.1) is 6.61 Å². The summed E-state index contributed by atoms with van der Waals surface area (Å²) in [5, 5.41) is 0. The SMILES string of the molecule is COCCN(C(C)C1CC1)C(C)(CN)CCOC. The van der Waals surface area contributed by atoms with Crippen molar-refractivity contribution in [3.8, 4) is 0 Å². The zero-order chi connectivity index (χ0) is 13.6. The Morgan fingerprint density at radius 3 is 2.33 bits per heavy atom. The molecular formula is C14H30N2O2. The minimum absolute atomic E-state index is 0.0105. The predicted octanol–water partition coefficient (Wildman–Crippen LogP) is 1.49. The van der Waals surface area contributed by atoms with E-state index in [9.17, 15) is 0 Å². The third-order valence-corrected chi connectivity index (χ3v) is 4.31. The fourth-order valence-electron chi connectivity index (χ4n) is 2.67. The van der Waals surface area contributed by atoms with Gasteiger partial charge in [0, 0.05) is 45.5 Å². The second-order valence-corrected chi connectivity index (χ2v) is 5.71. The molecule has 0 aromatic rings. The normalized spacial score (nSPS) is 21.0. The molecule has 0 aromatic heterocycles. The molecule has 108 valence electrons. The van der Waals surface area contributed by atoms with E-state index in [1.807, 2.05) is 0 Å². The van der Waals surface area contributed by atoms with Gasteiger partial charge in [0.1, 0.15) is 0 Å². The van der Waals surface area contributed by atoms with Crippen molar-refractivity contribution >= 4 is 0 Å². The monoisotopic (exact) mass is 258 g/mol. The average molecular weight is 258 g/mol. The van der Waals surface area contributed by atoms with Gasteiger partial charge in [-0.2, -0.15) is 0 Å². The minimum Gasteiger partial charge on any atom is -0.385 e. The van der Waals surface area contributed by atoms with Gasteiger partial charge in [-0.25, -0.2) is 0 Å². The summed E-state index contributed by atoms with van der Waals surface area (Å²) in [6.07, 6.45) is 3.69. The smallest absolute Gasteiger partial charge is 0.0590 e. The molecule has 4 heteroatoms. The van der Waals surface area contributed by atoms with Gasteiger partial charge in [0.15, 0.2) is 0 Å². The van der Waals surface area contributed by atoms with Gasteiger partial charge < -0.3 is 15.2 Å². The first kappa shape index (κ1) is 15.9. The van der Waals surface area contributed by atoms with Gasteiger partial charge in [0.2, 0.25) is 0 Å². The highest BCUT2D eigenvalue weighted by Gasteiger charge is 2.39. The van der Waals surface area contributed by atoms with Crippen molar-refractivity contribution in [2.24, 2.45) is 11.7 Å². The molecule has 18 heavy (non-hydrogen) atoms. The van der Waals surface area contributed by atoms with E-state index < -0.39 is 0 Å². The van der Waals surface area contributed by atoms with Gasteiger partial charge in [-0.3, -0.25) is 4.90 Å². The van der Waals surface area contributed by atoms with Crippen LogP contribution >= 0.6 is 0 Å². The van der Waals surface area contributed by atoms with E-state index in [0.717, 1.165) is 32.1 Å². The number of rotatable bonds is 10. The summed E-state index contributed by atoms with van der Waals surface area (Å²) in [5.41, 5.74) is 6.05. The molecule has 4 nitrogen and oxygen atoms in total. The molecule has 2 N–H and O–H groups in total. The Bertz CT molecular complexity index is 234. The van der Waals surface area contributed by atoms with Crippen molar-refractivity contribution in [3.63, 3.8) is 0 Å². The van der Waals surface area contributed by atoms with Crippen molar-refractivity contribution in [2.45, 2.75) is 44.7 Å². The summed E-state index contributed by atoms with van der Waals surface area (Å²) in [7, 11) is 3.51. The Morgan fingerprint density at radius 2 is 1.89 bits per heavy atom. The summed E-state index contributed by atoms with van der Waals surface area (Å²) in [4.78, 5) is 2.53. The third-order valence-electron chi connectivity index (χ3n) is 4.31. The fourth-order valence-corrected chi connectivity index (χ4v) is 2.67. The molecule has 0 saturated heterocycles. The maximum Gasteiger partial charge on any atom is 0.0590 e. The van der Waals surface area contributed by atoms with Gasteiger partial charge in [-0.15, -0.1) is 0 Å². The first-order valence-electron chi connectivity index (χ1n) is 7.03. The second kappa shape index (κ2) is 7.43. The van der Waals surface area contributed by atoms with E-state index in [1.54, 1.807) is 14.2 Å². The lowest BCUT2D eigenvalue weighted by Crippen LogP contribution is -2.57. The van der Waals surface area contributed by atoms with Gasteiger partial charge in [-0.05, 0) is 39.0 Å². The van der Waals surface area contributed by atoms with Crippen LogP contribution in [0.1, 0.15) is 33.1 Å². The van der Waals surface area contributed by atoms with Crippen LogP contribution in [0.2, 0.25) is 0 Å². The number of hydrogen-bond acceptors (Lipinski definition) is 4. The maximum absolute atomic E-state index is 6.04. The lowest BCUT2D eigenvalue weighted by molar-refractivity contribution is 0.0121. The van der Waals surface area contributed by atoms with E-state index in [2.05, 4.69) is 18.7 Å². The highest BCUT2D eigenvalue weighted by molar-refractivity contribution is 4.95. The second-order valence-electron chi connectivity index (χ2n) is 5.71. The molecule has 1 aliphatic carbocycles. The Kier molecular flexibility index (Phi) is 6.57. The molecule has 0 amide bonds. The molecule has 1 saturated carbocycles. The number of nitrogens with zero attached hydrogens (tertiary/aromatic N) is 1. The minimum atomic E-state index is 0.0105. The van der Waals surface area contributed by atoms with Crippen molar-refractivity contribution in [1.82, 2.24) is 4.90 Å². The van der Waals surface area contributed by atoms with E-state index in [0.29, 0.717) is 12.6 Å². The number of hydrogen-bond donors (Lipinski definition) is 1. The standard InChI is InChI=1S/C14H30N2O2/c1-12(13-5-6-13)16(8-10-18-4)14(2,11-15)7-9-17-3/h12-13H,5-11,15H2,1-4H3. The molecule has 0 aliphatic heterocycles. The Hall–Kier alpha value is -0.160. The first-order chi connectivity index (χ1) is 8.59. The van der Waals surface area contributed by atoms with Gasteiger partial charge >= 0.3 is 0 Å². The van der Waals surface area contributed by atoms with Crippen LogP contribution in [0.5, 0.6) is 0 Å². The van der Waals surface area contributed by atoms with Crippen LogP contribution in [0.3, 0.4) is 0 Å². The molecule has 1 rings (SSSR count). The first-order valence-corrected chi connectivity index (χ1v) is 7.03. The molecular weight excluding hydrogens is 228 g/mol. The van der Waals surface area contributed by atoms with Crippen LogP contribution in [-0.2, 0) is 9.47 Å². The van der Waals surface area contributed by atoms with Crippen molar-refractivity contribution in [3.05, 3.63) is 0 Å². The number of nitrogens with two attached hydrogens (primary N) is 1. The van der Waals surface area contributed by atoms with Crippen molar-refractivity contribution in [2.75, 3.05) is 40.5 Å². The van der Waals surface area contributed by atoms with Gasteiger partial charge in [-0.1, -0.05) is 0 Å². The van der Waals surface area contributed by atoms with Crippen molar-refractivity contribution < 1.29 is 9.47 Å². The fraction of sp³-hybridized carbons (Fsp3) is 1.00. The van der Waals surface area contributed by atoms with Crippen LogP contribution in [0, 0.1) is 5.92 Å². The average Bonchev–Trinajstić information content (AvgIpc) is 3.20. The molecule has 1 aliphatic rings. The quantitative estimate of drug-likeness (QED) is 0.645. The molecule has 2 unspecified atom stereocenters. The van der Waals surface area contributed by atoms with Gasteiger partial charge in [0.25, 0.3) is 0 Å². The maximum atomic E-state index is 6.04. The third kappa shape index (κ3) is 4.19. The Labute approximate surface area is 112 Å². The Balaban J connectivity index is 2.69. The molecule has 2 atom stereocenters. The summed E-state index contributed by atoms with van der Waals surface area (Å²) >= 11 is 0. The lowest BCUT2D eigenvalue weighted by Gasteiger charge is -2.44. The summed E-state index contributed by atoms with van der Waals surface area (Å²) in [6.45, 7) is 7.71. The zero-order valence-electron chi connectivity index (χ0n) is 12.4. The van der Waals surface area contributed by atoms with E-state index in [-0.39, 0.29) is 5.54 Å². The van der Waals surface area contributed by atoms with E-state index in [4.69, 9.17) is 15.2 Å².